The van der Waals surface area contributed by atoms with Crippen LogP contribution in [-0.2, 0) is 4.74 Å². The van der Waals surface area contributed by atoms with Crippen molar-refractivity contribution < 1.29 is 9.53 Å². The van der Waals surface area contributed by atoms with E-state index in [-0.39, 0.29) is 18.1 Å². The van der Waals surface area contributed by atoms with Gasteiger partial charge in [-0.15, -0.1) is 0 Å². The number of aromatic nitrogens is 2. The number of carbonyl (C=O) groups is 1. The van der Waals surface area contributed by atoms with Gasteiger partial charge in [0.2, 0.25) is 0 Å². The van der Waals surface area contributed by atoms with Gasteiger partial charge in [-0.2, -0.15) is 5.10 Å². The molecule has 1 aromatic carbocycles. The summed E-state index contributed by atoms with van der Waals surface area (Å²) in [6.45, 7) is 7.21. The number of ether oxygens (including phenoxy) is 1. The lowest BCUT2D eigenvalue weighted by atomic mass is 10.1. The standard InChI is InChI=1S/C20H24ClN3O2/c1-12-4-7-16(8-18(12)21)24-19(15-5-6-15)17(9-22-24)20(25)23-10-14(3)26-11-13(23)2/h4,7-9,13-15H,5-6,10-11H2,1-3H3. The number of hydrogen-bond acceptors (Lipinski definition) is 3. The average molecular weight is 374 g/mol. The van der Waals surface area contributed by atoms with E-state index in [1.54, 1.807) is 6.20 Å². The van der Waals surface area contributed by atoms with Crippen LogP contribution in [0.2, 0.25) is 5.02 Å². The zero-order valence-corrected chi connectivity index (χ0v) is 16.2. The predicted molar refractivity (Wildman–Crippen MR) is 101 cm³/mol. The molecule has 0 N–H and O–H groups in total. The van der Waals surface area contributed by atoms with E-state index in [2.05, 4.69) is 5.10 Å². The molecular weight excluding hydrogens is 350 g/mol. The first kappa shape index (κ1) is 17.6. The van der Waals surface area contributed by atoms with E-state index in [1.807, 2.05) is 48.6 Å². The van der Waals surface area contributed by atoms with Crippen LogP contribution >= 0.6 is 11.6 Å². The van der Waals surface area contributed by atoms with E-state index in [9.17, 15) is 4.79 Å². The van der Waals surface area contributed by atoms with Crippen LogP contribution in [0.3, 0.4) is 0 Å². The number of morpholine rings is 1. The van der Waals surface area contributed by atoms with Gasteiger partial charge in [-0.1, -0.05) is 17.7 Å². The van der Waals surface area contributed by atoms with Crippen molar-refractivity contribution in [2.45, 2.75) is 51.7 Å². The van der Waals surface area contributed by atoms with Crippen molar-refractivity contribution in [2.24, 2.45) is 0 Å². The SMILES string of the molecule is Cc1ccc(-n2ncc(C(=O)N3CC(C)OCC3C)c2C2CC2)cc1Cl. The molecule has 1 amide bonds. The molecule has 1 saturated heterocycles. The van der Waals surface area contributed by atoms with Gasteiger partial charge < -0.3 is 9.64 Å². The Kier molecular flexibility index (Phi) is 4.53. The fourth-order valence-corrected chi connectivity index (χ4v) is 3.71. The first-order chi connectivity index (χ1) is 12.5. The topological polar surface area (TPSA) is 47.4 Å². The summed E-state index contributed by atoms with van der Waals surface area (Å²) in [5.74, 6) is 0.448. The lowest BCUT2D eigenvalue weighted by Crippen LogP contribution is -2.50. The Labute approximate surface area is 158 Å². The zero-order chi connectivity index (χ0) is 18.4. The molecule has 0 spiro atoms. The molecule has 1 aromatic heterocycles. The van der Waals surface area contributed by atoms with Gasteiger partial charge in [0.05, 0.1) is 41.9 Å². The van der Waals surface area contributed by atoms with E-state index >= 15 is 0 Å². The number of halogens is 1. The summed E-state index contributed by atoms with van der Waals surface area (Å²) in [6, 6.07) is 5.99. The van der Waals surface area contributed by atoms with Crippen LogP contribution in [0.25, 0.3) is 5.69 Å². The van der Waals surface area contributed by atoms with Gasteiger partial charge in [0.15, 0.2) is 0 Å². The third-order valence-corrected chi connectivity index (χ3v) is 5.68. The van der Waals surface area contributed by atoms with Crippen LogP contribution in [0, 0.1) is 6.92 Å². The van der Waals surface area contributed by atoms with Crippen LogP contribution in [-0.4, -0.2) is 45.9 Å². The van der Waals surface area contributed by atoms with Crippen molar-refractivity contribution in [3.63, 3.8) is 0 Å². The monoisotopic (exact) mass is 373 g/mol. The molecule has 1 aliphatic heterocycles. The molecule has 2 aliphatic rings. The van der Waals surface area contributed by atoms with Gasteiger partial charge in [-0.05, 0) is 51.3 Å². The lowest BCUT2D eigenvalue weighted by molar-refractivity contribution is -0.0387. The third-order valence-electron chi connectivity index (χ3n) is 5.27. The normalized spacial score (nSPS) is 23.3. The molecular formula is C20H24ClN3O2. The molecule has 2 unspecified atom stereocenters. The summed E-state index contributed by atoms with van der Waals surface area (Å²) in [6.07, 6.45) is 3.98. The number of amides is 1. The summed E-state index contributed by atoms with van der Waals surface area (Å²) in [5.41, 5.74) is 3.67. The van der Waals surface area contributed by atoms with Crippen molar-refractivity contribution in [1.82, 2.24) is 14.7 Å². The van der Waals surface area contributed by atoms with Gasteiger partial charge in [0.1, 0.15) is 0 Å². The Morgan fingerprint density at radius 2 is 2.08 bits per heavy atom. The molecule has 2 atom stereocenters. The number of rotatable bonds is 3. The van der Waals surface area contributed by atoms with E-state index in [0.29, 0.717) is 29.7 Å². The molecule has 6 heteroatoms. The molecule has 26 heavy (non-hydrogen) atoms. The highest BCUT2D eigenvalue weighted by molar-refractivity contribution is 6.31. The zero-order valence-electron chi connectivity index (χ0n) is 15.4. The van der Waals surface area contributed by atoms with Crippen molar-refractivity contribution in [3.05, 3.63) is 46.2 Å². The first-order valence-corrected chi connectivity index (χ1v) is 9.60. The second-order valence-corrected chi connectivity index (χ2v) is 7.92. The minimum atomic E-state index is 0.0546. The Bertz CT molecular complexity index is 844. The quantitative estimate of drug-likeness (QED) is 0.818. The molecule has 1 saturated carbocycles. The second-order valence-electron chi connectivity index (χ2n) is 7.51. The van der Waals surface area contributed by atoms with Crippen molar-refractivity contribution in [2.75, 3.05) is 13.2 Å². The summed E-state index contributed by atoms with van der Waals surface area (Å²) in [5, 5.41) is 5.27. The first-order valence-electron chi connectivity index (χ1n) is 9.22. The highest BCUT2D eigenvalue weighted by atomic mass is 35.5. The molecule has 4 rings (SSSR count). The third kappa shape index (κ3) is 3.14. The Hall–Kier alpha value is -1.85. The number of benzene rings is 1. The summed E-state index contributed by atoms with van der Waals surface area (Å²) in [4.78, 5) is 15.2. The number of nitrogens with zero attached hydrogens (tertiary/aromatic N) is 3. The Morgan fingerprint density at radius 1 is 1.31 bits per heavy atom. The van der Waals surface area contributed by atoms with Crippen LogP contribution in [0.15, 0.2) is 24.4 Å². The fourth-order valence-electron chi connectivity index (χ4n) is 3.53. The Balaban J connectivity index is 1.72. The van der Waals surface area contributed by atoms with E-state index in [0.717, 1.165) is 29.8 Å². The fraction of sp³-hybridized carbons (Fsp3) is 0.500. The molecule has 5 nitrogen and oxygen atoms in total. The number of carbonyl (C=O) groups excluding carboxylic acids is 1. The van der Waals surface area contributed by atoms with Crippen molar-refractivity contribution in [3.8, 4) is 5.69 Å². The van der Waals surface area contributed by atoms with Crippen LogP contribution < -0.4 is 0 Å². The predicted octanol–water partition coefficient (Wildman–Crippen LogP) is 3.96. The average Bonchev–Trinajstić information content (AvgIpc) is 3.37. The van der Waals surface area contributed by atoms with Gasteiger partial charge >= 0.3 is 0 Å². The van der Waals surface area contributed by atoms with E-state index < -0.39 is 0 Å². The summed E-state index contributed by atoms with van der Waals surface area (Å²) >= 11 is 6.31. The van der Waals surface area contributed by atoms with Crippen molar-refractivity contribution >= 4 is 17.5 Å². The van der Waals surface area contributed by atoms with Crippen molar-refractivity contribution in [1.29, 1.82) is 0 Å². The van der Waals surface area contributed by atoms with Gasteiger partial charge in [-0.25, -0.2) is 4.68 Å². The Morgan fingerprint density at radius 3 is 2.77 bits per heavy atom. The largest absolute Gasteiger partial charge is 0.375 e. The maximum Gasteiger partial charge on any atom is 0.257 e. The maximum absolute atomic E-state index is 13.3. The number of hydrogen-bond donors (Lipinski definition) is 0. The molecule has 0 radical (unpaired) electrons. The summed E-state index contributed by atoms with van der Waals surface area (Å²) in [7, 11) is 0. The minimum absolute atomic E-state index is 0.0546. The van der Waals surface area contributed by atoms with Gasteiger partial charge in [0, 0.05) is 17.5 Å². The minimum Gasteiger partial charge on any atom is -0.375 e. The van der Waals surface area contributed by atoms with Gasteiger partial charge in [-0.3, -0.25) is 4.79 Å². The molecule has 2 heterocycles. The lowest BCUT2D eigenvalue weighted by Gasteiger charge is -2.36. The smallest absolute Gasteiger partial charge is 0.257 e. The second kappa shape index (κ2) is 6.71. The van der Waals surface area contributed by atoms with Crippen LogP contribution in [0.4, 0.5) is 0 Å². The molecule has 2 fully saturated rings. The number of aryl methyl sites for hydroxylation is 1. The van der Waals surface area contributed by atoms with Crippen LogP contribution in [0.5, 0.6) is 0 Å². The molecule has 2 aromatic rings. The highest BCUT2D eigenvalue weighted by Gasteiger charge is 2.36. The molecule has 138 valence electrons. The van der Waals surface area contributed by atoms with E-state index in [4.69, 9.17) is 16.3 Å². The van der Waals surface area contributed by atoms with Crippen LogP contribution in [0.1, 0.15) is 54.2 Å². The highest BCUT2D eigenvalue weighted by Crippen LogP contribution is 2.43. The van der Waals surface area contributed by atoms with Gasteiger partial charge in [0.25, 0.3) is 5.91 Å². The summed E-state index contributed by atoms with van der Waals surface area (Å²) < 4.78 is 7.56. The molecule has 1 aliphatic carbocycles. The van der Waals surface area contributed by atoms with E-state index in [1.165, 1.54) is 0 Å². The maximum atomic E-state index is 13.3. The molecule has 0 bridgehead atoms.